The molecule has 0 radical (unpaired) electrons. The quantitative estimate of drug-likeness (QED) is 0.499. The minimum atomic E-state index is -0.225. The van der Waals surface area contributed by atoms with Crippen LogP contribution in [0.3, 0.4) is 0 Å². The number of benzene rings is 1. The first-order chi connectivity index (χ1) is 8.13. The Morgan fingerprint density at radius 3 is 2.71 bits per heavy atom. The molecular weight excluding hydrogens is 350 g/mol. The lowest BCUT2D eigenvalue weighted by Gasteiger charge is -2.17. The second-order valence-corrected chi connectivity index (χ2v) is 5.84. The fourth-order valence-electron chi connectivity index (χ4n) is 1.72. The van der Waals surface area contributed by atoms with Crippen molar-refractivity contribution < 1.29 is 4.39 Å². The SMILES string of the molecule is Cc1ccsc1C(NN)c1ccc(F)cc1I. The lowest BCUT2D eigenvalue weighted by Crippen LogP contribution is -2.29. The van der Waals surface area contributed by atoms with E-state index in [-0.39, 0.29) is 11.9 Å². The van der Waals surface area contributed by atoms with E-state index in [1.165, 1.54) is 17.7 Å². The van der Waals surface area contributed by atoms with E-state index in [1.807, 2.05) is 12.3 Å². The molecule has 1 unspecified atom stereocenters. The fraction of sp³-hybridized carbons (Fsp3) is 0.167. The summed E-state index contributed by atoms with van der Waals surface area (Å²) in [5.74, 6) is 5.41. The average molecular weight is 362 g/mol. The highest BCUT2D eigenvalue weighted by molar-refractivity contribution is 14.1. The summed E-state index contributed by atoms with van der Waals surface area (Å²) in [6, 6.07) is 6.73. The summed E-state index contributed by atoms with van der Waals surface area (Å²) in [6.07, 6.45) is 0. The van der Waals surface area contributed by atoms with Gasteiger partial charge in [0.2, 0.25) is 0 Å². The van der Waals surface area contributed by atoms with Crippen LogP contribution in [-0.4, -0.2) is 0 Å². The Balaban J connectivity index is 2.46. The average Bonchev–Trinajstić information content (AvgIpc) is 2.69. The predicted octanol–water partition coefficient (Wildman–Crippen LogP) is 3.35. The zero-order valence-corrected chi connectivity index (χ0v) is 12.2. The molecule has 1 atom stereocenters. The highest BCUT2D eigenvalue weighted by Crippen LogP contribution is 2.31. The molecule has 17 heavy (non-hydrogen) atoms. The number of aryl methyl sites for hydroxylation is 1. The van der Waals surface area contributed by atoms with Gasteiger partial charge in [-0.1, -0.05) is 6.07 Å². The third-order valence-corrected chi connectivity index (χ3v) is 4.62. The molecule has 90 valence electrons. The van der Waals surface area contributed by atoms with Crippen molar-refractivity contribution in [2.24, 2.45) is 5.84 Å². The van der Waals surface area contributed by atoms with E-state index in [9.17, 15) is 4.39 Å². The van der Waals surface area contributed by atoms with Crippen molar-refractivity contribution in [2.75, 3.05) is 0 Å². The van der Waals surface area contributed by atoms with E-state index in [0.717, 1.165) is 14.0 Å². The number of halogens is 2. The lowest BCUT2D eigenvalue weighted by atomic mass is 10.0. The smallest absolute Gasteiger partial charge is 0.124 e. The van der Waals surface area contributed by atoms with Crippen molar-refractivity contribution >= 4 is 33.9 Å². The number of hydrazine groups is 1. The molecule has 0 amide bonds. The molecule has 5 heteroatoms. The van der Waals surface area contributed by atoms with Gasteiger partial charge >= 0.3 is 0 Å². The normalized spacial score (nSPS) is 12.7. The molecule has 0 bridgehead atoms. The van der Waals surface area contributed by atoms with E-state index < -0.39 is 0 Å². The van der Waals surface area contributed by atoms with E-state index in [2.05, 4.69) is 34.1 Å². The maximum absolute atomic E-state index is 13.1. The molecule has 2 aromatic rings. The summed E-state index contributed by atoms with van der Waals surface area (Å²) in [7, 11) is 0. The number of thiophene rings is 1. The minimum Gasteiger partial charge on any atom is -0.271 e. The van der Waals surface area contributed by atoms with Gasteiger partial charge in [0.1, 0.15) is 5.82 Å². The molecule has 1 heterocycles. The summed E-state index contributed by atoms with van der Waals surface area (Å²) in [5, 5.41) is 2.03. The maximum atomic E-state index is 13.1. The van der Waals surface area contributed by atoms with Crippen molar-refractivity contribution in [3.05, 3.63) is 55.0 Å². The monoisotopic (exact) mass is 362 g/mol. The van der Waals surface area contributed by atoms with Crippen molar-refractivity contribution in [1.29, 1.82) is 0 Å². The second-order valence-electron chi connectivity index (χ2n) is 3.73. The molecule has 0 saturated carbocycles. The molecule has 3 N–H and O–H groups in total. The molecule has 0 aliphatic carbocycles. The van der Waals surface area contributed by atoms with Gasteiger partial charge in [0.05, 0.1) is 6.04 Å². The first-order valence-electron chi connectivity index (χ1n) is 5.08. The molecule has 0 aliphatic heterocycles. The van der Waals surface area contributed by atoms with E-state index in [0.29, 0.717) is 0 Å². The summed E-state index contributed by atoms with van der Waals surface area (Å²) < 4.78 is 14.0. The van der Waals surface area contributed by atoms with Crippen LogP contribution in [0.15, 0.2) is 29.6 Å². The van der Waals surface area contributed by atoms with Gasteiger partial charge in [-0.2, -0.15) is 0 Å². The van der Waals surface area contributed by atoms with Crippen LogP contribution >= 0.6 is 33.9 Å². The van der Waals surface area contributed by atoms with E-state index in [4.69, 9.17) is 5.84 Å². The molecule has 2 rings (SSSR count). The first-order valence-corrected chi connectivity index (χ1v) is 7.04. The molecule has 0 aliphatic rings. The van der Waals surface area contributed by atoms with Gasteiger partial charge in [-0.25, -0.2) is 9.82 Å². The van der Waals surface area contributed by atoms with E-state index in [1.54, 1.807) is 17.4 Å². The Kier molecular flexibility index (Phi) is 4.13. The fourth-order valence-corrected chi connectivity index (χ4v) is 3.51. The van der Waals surface area contributed by atoms with Crippen LogP contribution in [0.1, 0.15) is 22.0 Å². The van der Waals surface area contributed by atoms with E-state index >= 15 is 0 Å². The third-order valence-electron chi connectivity index (χ3n) is 2.60. The Morgan fingerprint density at radius 1 is 1.41 bits per heavy atom. The van der Waals surface area contributed by atoms with Gasteiger partial charge < -0.3 is 0 Å². The molecule has 0 saturated heterocycles. The standard InChI is InChI=1S/C12H12FIN2S/c1-7-4-5-17-12(7)11(16-15)9-3-2-8(13)6-10(9)14/h2-6,11,16H,15H2,1H3. The van der Waals surface area contributed by atoms with Crippen LogP contribution in [0.5, 0.6) is 0 Å². The molecule has 0 spiro atoms. The number of nitrogens with one attached hydrogen (secondary N) is 1. The minimum absolute atomic E-state index is 0.0810. The highest BCUT2D eigenvalue weighted by Gasteiger charge is 2.18. The third kappa shape index (κ3) is 2.67. The Morgan fingerprint density at radius 2 is 2.18 bits per heavy atom. The zero-order chi connectivity index (χ0) is 12.4. The van der Waals surface area contributed by atoms with Crippen LogP contribution < -0.4 is 11.3 Å². The number of nitrogens with two attached hydrogens (primary N) is 1. The van der Waals surface area contributed by atoms with Crippen molar-refractivity contribution in [2.45, 2.75) is 13.0 Å². The van der Waals surface area contributed by atoms with Gasteiger partial charge in [0.15, 0.2) is 0 Å². The van der Waals surface area contributed by atoms with Gasteiger partial charge in [-0.05, 0) is 64.2 Å². The van der Waals surface area contributed by atoms with Gasteiger partial charge in [0.25, 0.3) is 0 Å². The summed E-state index contributed by atoms with van der Waals surface area (Å²) in [6.45, 7) is 2.05. The van der Waals surface area contributed by atoms with Gasteiger partial charge in [-0.3, -0.25) is 5.84 Å². The van der Waals surface area contributed by atoms with Crippen LogP contribution in [0.2, 0.25) is 0 Å². The molecule has 1 aromatic carbocycles. The zero-order valence-electron chi connectivity index (χ0n) is 9.21. The first kappa shape index (κ1) is 12.9. The van der Waals surface area contributed by atoms with Crippen LogP contribution in [0.4, 0.5) is 4.39 Å². The second kappa shape index (κ2) is 5.43. The predicted molar refractivity (Wildman–Crippen MR) is 77.3 cm³/mol. The number of hydrogen-bond acceptors (Lipinski definition) is 3. The summed E-state index contributed by atoms with van der Waals surface area (Å²) in [4.78, 5) is 1.16. The van der Waals surface area contributed by atoms with Crippen molar-refractivity contribution in [3.8, 4) is 0 Å². The molecule has 1 aromatic heterocycles. The van der Waals surface area contributed by atoms with Gasteiger partial charge in [0, 0.05) is 8.45 Å². The summed E-state index contributed by atoms with van der Waals surface area (Å²) in [5.41, 5.74) is 5.00. The van der Waals surface area contributed by atoms with Crippen LogP contribution in [0.25, 0.3) is 0 Å². The number of hydrogen-bond donors (Lipinski definition) is 2. The van der Waals surface area contributed by atoms with Crippen LogP contribution in [-0.2, 0) is 0 Å². The van der Waals surface area contributed by atoms with Crippen molar-refractivity contribution in [1.82, 2.24) is 5.43 Å². The van der Waals surface area contributed by atoms with Crippen LogP contribution in [0, 0.1) is 16.3 Å². The largest absolute Gasteiger partial charge is 0.271 e. The maximum Gasteiger partial charge on any atom is 0.124 e. The Hall–Kier alpha value is -0.500. The van der Waals surface area contributed by atoms with Gasteiger partial charge in [-0.15, -0.1) is 11.3 Å². The van der Waals surface area contributed by atoms with Crippen molar-refractivity contribution in [3.63, 3.8) is 0 Å². The highest BCUT2D eigenvalue weighted by atomic mass is 127. The molecule has 2 nitrogen and oxygen atoms in total. The molecular formula is C12H12FIN2S. The molecule has 0 fully saturated rings. The Labute approximate surface area is 117 Å². The topological polar surface area (TPSA) is 38.0 Å². The number of rotatable bonds is 3. The lowest BCUT2D eigenvalue weighted by molar-refractivity contribution is 0.615. The Bertz CT molecular complexity index is 527. The summed E-state index contributed by atoms with van der Waals surface area (Å²) >= 11 is 3.78.